The predicted octanol–water partition coefficient (Wildman–Crippen LogP) is 11.0. The monoisotopic (exact) mass is 665 g/mol. The zero-order valence-electron chi connectivity index (χ0n) is 32.1. The third kappa shape index (κ3) is 53.6. The average Bonchev–Trinajstić information content (AvgIpc) is 2.97. The standard InChI is InChI=1S/2C19H42N.H2O4S/c2*1-5-7-8-9-10-11-12-13-14-15-16-17-18-19-20(3,4)6-2;1-5(2,3)4/h2*5-19H2,1-4H3;(H2,1,2,3,4)/q2*+1;/p-2. The second kappa shape index (κ2) is 35.1. The number of rotatable bonds is 30. The van der Waals surface area contributed by atoms with Crippen LogP contribution in [0.15, 0.2) is 0 Å². The van der Waals surface area contributed by atoms with E-state index in [1.54, 1.807) is 0 Å². The van der Waals surface area contributed by atoms with E-state index in [1.165, 1.54) is 202 Å². The van der Waals surface area contributed by atoms with Gasteiger partial charge in [0, 0.05) is 10.4 Å². The summed E-state index contributed by atoms with van der Waals surface area (Å²) in [4.78, 5) is 0. The summed E-state index contributed by atoms with van der Waals surface area (Å²) in [6.45, 7) is 14.4. The lowest BCUT2D eigenvalue weighted by molar-refractivity contribution is -0.888. The van der Waals surface area contributed by atoms with Gasteiger partial charge in [-0.05, 0) is 39.5 Å². The van der Waals surface area contributed by atoms with E-state index in [1.807, 2.05) is 0 Å². The lowest BCUT2D eigenvalue weighted by atomic mass is 10.0. The predicted molar refractivity (Wildman–Crippen MR) is 197 cm³/mol. The molecule has 0 N–H and O–H groups in total. The maximum Gasteiger partial charge on any atom is 0.0782 e. The maximum absolute atomic E-state index is 8.52. The Labute approximate surface area is 285 Å². The van der Waals surface area contributed by atoms with E-state index >= 15 is 0 Å². The number of quaternary nitrogens is 2. The summed E-state index contributed by atoms with van der Waals surface area (Å²) < 4.78 is 36.5. The summed E-state index contributed by atoms with van der Waals surface area (Å²) in [5.41, 5.74) is 0. The molecule has 0 bridgehead atoms. The number of hydrogen-bond donors (Lipinski definition) is 0. The molecule has 0 saturated carbocycles. The van der Waals surface area contributed by atoms with Crippen LogP contribution < -0.4 is 0 Å². The Morgan fingerprint density at radius 2 is 0.511 bits per heavy atom. The molecule has 45 heavy (non-hydrogen) atoms. The molecule has 0 fully saturated rings. The lowest BCUT2D eigenvalue weighted by Crippen LogP contribution is -2.39. The average molecular weight is 665 g/mol. The molecule has 0 radical (unpaired) electrons. The summed E-state index contributed by atoms with van der Waals surface area (Å²) in [6.07, 6.45) is 37.8. The molecule has 0 atom stereocenters. The van der Waals surface area contributed by atoms with Crippen molar-refractivity contribution in [3.63, 3.8) is 0 Å². The Balaban J connectivity index is -0.000000680. The largest absolute Gasteiger partial charge is 0.759 e. The zero-order valence-corrected chi connectivity index (χ0v) is 33.0. The summed E-state index contributed by atoms with van der Waals surface area (Å²) in [5, 5.41) is 0. The molecule has 0 rings (SSSR count). The number of hydrogen-bond acceptors (Lipinski definition) is 4. The van der Waals surface area contributed by atoms with Crippen LogP contribution in [-0.2, 0) is 10.4 Å². The molecular formula is C38H84N2O4S. The van der Waals surface area contributed by atoms with E-state index in [0.717, 1.165) is 0 Å². The van der Waals surface area contributed by atoms with Crippen LogP contribution in [0.3, 0.4) is 0 Å². The van der Waals surface area contributed by atoms with Gasteiger partial charge in [0.05, 0.1) is 54.4 Å². The van der Waals surface area contributed by atoms with Crippen molar-refractivity contribution >= 4 is 10.4 Å². The fraction of sp³-hybridized carbons (Fsp3) is 1.00. The molecule has 276 valence electrons. The molecule has 0 amide bonds. The third-order valence-electron chi connectivity index (χ3n) is 9.45. The van der Waals surface area contributed by atoms with Crippen LogP contribution in [0.2, 0.25) is 0 Å². The van der Waals surface area contributed by atoms with E-state index in [2.05, 4.69) is 55.9 Å². The molecule has 0 aromatic heterocycles. The van der Waals surface area contributed by atoms with Crippen molar-refractivity contribution in [3.8, 4) is 0 Å². The normalized spacial score (nSPS) is 12.0. The van der Waals surface area contributed by atoms with E-state index in [-0.39, 0.29) is 0 Å². The fourth-order valence-electron chi connectivity index (χ4n) is 5.43. The molecule has 0 aromatic rings. The Morgan fingerprint density at radius 1 is 0.356 bits per heavy atom. The second-order valence-corrected chi connectivity index (χ2v) is 15.7. The Bertz CT molecular complexity index is 619. The fourth-order valence-corrected chi connectivity index (χ4v) is 5.43. The van der Waals surface area contributed by atoms with Crippen molar-refractivity contribution < 1.29 is 26.5 Å². The highest BCUT2D eigenvalue weighted by molar-refractivity contribution is 7.79. The van der Waals surface area contributed by atoms with Gasteiger partial charge in [-0.1, -0.05) is 155 Å². The van der Waals surface area contributed by atoms with Gasteiger partial charge in [-0.15, -0.1) is 0 Å². The van der Waals surface area contributed by atoms with Crippen molar-refractivity contribution in [2.75, 3.05) is 54.4 Å². The van der Waals surface area contributed by atoms with Crippen LogP contribution in [0.4, 0.5) is 0 Å². The first-order chi connectivity index (χ1) is 21.2. The minimum Gasteiger partial charge on any atom is -0.759 e. The van der Waals surface area contributed by atoms with Crippen molar-refractivity contribution in [2.24, 2.45) is 0 Å². The first-order valence-corrected chi connectivity index (χ1v) is 20.9. The molecular weight excluding hydrogens is 580 g/mol. The van der Waals surface area contributed by atoms with Crippen LogP contribution >= 0.6 is 0 Å². The summed E-state index contributed by atoms with van der Waals surface area (Å²) in [7, 11) is 4.22. The summed E-state index contributed by atoms with van der Waals surface area (Å²) >= 11 is 0. The molecule has 0 aliphatic carbocycles. The van der Waals surface area contributed by atoms with Gasteiger partial charge in [-0.3, -0.25) is 8.42 Å². The van der Waals surface area contributed by atoms with Crippen molar-refractivity contribution in [1.82, 2.24) is 0 Å². The minimum atomic E-state index is -5.17. The van der Waals surface area contributed by atoms with Gasteiger partial charge in [0.2, 0.25) is 0 Å². The summed E-state index contributed by atoms with van der Waals surface area (Å²) in [5.74, 6) is 0. The molecule has 0 aromatic carbocycles. The van der Waals surface area contributed by atoms with Gasteiger partial charge in [-0.25, -0.2) is 0 Å². The van der Waals surface area contributed by atoms with E-state index in [0.29, 0.717) is 0 Å². The highest BCUT2D eigenvalue weighted by atomic mass is 32.3. The van der Waals surface area contributed by atoms with Crippen LogP contribution in [0.25, 0.3) is 0 Å². The summed E-state index contributed by atoms with van der Waals surface area (Å²) in [6, 6.07) is 0. The number of unbranched alkanes of at least 4 members (excludes halogenated alkanes) is 24. The molecule has 0 aliphatic heterocycles. The maximum atomic E-state index is 8.52. The highest BCUT2D eigenvalue weighted by Gasteiger charge is 2.10. The molecule has 0 aliphatic rings. The van der Waals surface area contributed by atoms with E-state index < -0.39 is 10.4 Å². The van der Waals surface area contributed by atoms with Crippen molar-refractivity contribution in [1.29, 1.82) is 0 Å². The van der Waals surface area contributed by atoms with Gasteiger partial charge in [0.1, 0.15) is 0 Å². The van der Waals surface area contributed by atoms with Crippen LogP contribution in [0.1, 0.15) is 195 Å². The molecule has 0 unspecified atom stereocenters. The SMILES string of the molecule is CCCCCCCCCCCCCCC[N+](C)(C)CC.CCCCCCCCCCCCCCC[N+](C)(C)CC.O=S(=O)([O-])[O-]. The van der Waals surface area contributed by atoms with Gasteiger partial charge < -0.3 is 18.1 Å². The quantitative estimate of drug-likeness (QED) is 0.0331. The molecule has 0 saturated heterocycles. The van der Waals surface area contributed by atoms with Gasteiger partial charge >= 0.3 is 0 Å². The van der Waals surface area contributed by atoms with E-state index in [9.17, 15) is 0 Å². The second-order valence-electron chi connectivity index (χ2n) is 14.8. The van der Waals surface area contributed by atoms with Crippen LogP contribution in [0, 0.1) is 0 Å². The van der Waals surface area contributed by atoms with E-state index in [4.69, 9.17) is 17.5 Å². The Morgan fingerprint density at radius 3 is 0.667 bits per heavy atom. The zero-order chi connectivity index (χ0) is 34.7. The lowest BCUT2D eigenvalue weighted by Gasteiger charge is -2.28. The van der Waals surface area contributed by atoms with Crippen molar-refractivity contribution in [2.45, 2.75) is 195 Å². The van der Waals surface area contributed by atoms with Gasteiger partial charge in [-0.2, -0.15) is 0 Å². The van der Waals surface area contributed by atoms with Crippen LogP contribution in [-0.4, -0.2) is 80.9 Å². The molecule has 0 spiro atoms. The highest BCUT2D eigenvalue weighted by Crippen LogP contribution is 2.14. The first-order valence-electron chi connectivity index (χ1n) is 19.5. The van der Waals surface area contributed by atoms with Crippen LogP contribution in [0.5, 0.6) is 0 Å². The molecule has 6 nitrogen and oxygen atoms in total. The topological polar surface area (TPSA) is 80.3 Å². The Hall–Kier alpha value is -0.210. The van der Waals surface area contributed by atoms with Gasteiger partial charge in [0.25, 0.3) is 0 Å². The third-order valence-corrected chi connectivity index (χ3v) is 9.45. The minimum absolute atomic E-state index is 1.19. The molecule has 0 heterocycles. The number of nitrogens with zero attached hydrogens (tertiary/aromatic N) is 2. The van der Waals surface area contributed by atoms with Gasteiger partial charge in [0.15, 0.2) is 0 Å². The smallest absolute Gasteiger partial charge is 0.0782 e. The first kappa shape index (κ1) is 49.2. The Kier molecular flexibility index (Phi) is 38.4. The molecule has 7 heteroatoms. The van der Waals surface area contributed by atoms with Crippen molar-refractivity contribution in [3.05, 3.63) is 0 Å².